The van der Waals surface area contributed by atoms with E-state index in [1.807, 2.05) is 45.0 Å². The fourth-order valence-electron chi connectivity index (χ4n) is 2.13. The molecule has 0 fully saturated rings. The van der Waals surface area contributed by atoms with Gasteiger partial charge in [0, 0.05) is 6.20 Å². The van der Waals surface area contributed by atoms with Crippen molar-refractivity contribution in [2.75, 3.05) is 5.32 Å². The lowest BCUT2D eigenvalue weighted by molar-refractivity contribution is 0.696. The Kier molecular flexibility index (Phi) is 5.15. The van der Waals surface area contributed by atoms with Crippen LogP contribution in [0.1, 0.15) is 29.8 Å². The van der Waals surface area contributed by atoms with Crippen LogP contribution >= 0.6 is 23.8 Å². The molecule has 2 aromatic rings. The number of nitrogens with zero attached hydrogens (tertiary/aromatic N) is 1. The van der Waals surface area contributed by atoms with Crippen molar-refractivity contribution in [3.8, 4) is 0 Å². The van der Waals surface area contributed by atoms with Crippen molar-refractivity contribution in [2.45, 2.75) is 26.8 Å². The quantitative estimate of drug-likeness (QED) is 0.822. The maximum Gasteiger partial charge on any atom is 0.171 e. The third kappa shape index (κ3) is 4.16. The number of thiocarbonyl (C=S) groups is 1. The lowest BCUT2D eigenvalue weighted by Crippen LogP contribution is -2.31. The topological polar surface area (TPSA) is 37.0 Å². The fraction of sp³-hybridized carbons (Fsp3) is 0.250. The summed E-state index contributed by atoms with van der Waals surface area (Å²) >= 11 is 11.6. The number of hydrogen-bond acceptors (Lipinski definition) is 2. The lowest BCUT2D eigenvalue weighted by atomic mass is 10.1. The van der Waals surface area contributed by atoms with Gasteiger partial charge in [0.25, 0.3) is 0 Å². The third-order valence-electron chi connectivity index (χ3n) is 3.15. The van der Waals surface area contributed by atoms with Crippen LogP contribution in [0.25, 0.3) is 0 Å². The molecule has 1 aromatic heterocycles. The molecule has 0 radical (unpaired) electrons. The number of aryl methyl sites for hydroxylation is 2. The zero-order chi connectivity index (χ0) is 15.4. The first-order valence-corrected chi connectivity index (χ1v) is 7.51. The summed E-state index contributed by atoms with van der Waals surface area (Å²) in [6.07, 6.45) is 1.77. The maximum absolute atomic E-state index is 6.27. The van der Waals surface area contributed by atoms with E-state index in [1.54, 1.807) is 6.20 Å². The highest BCUT2D eigenvalue weighted by Gasteiger charge is 2.11. The van der Waals surface area contributed by atoms with Gasteiger partial charge in [0.1, 0.15) is 0 Å². The largest absolute Gasteiger partial charge is 0.354 e. The zero-order valence-corrected chi connectivity index (χ0v) is 13.8. The van der Waals surface area contributed by atoms with Gasteiger partial charge in [-0.05, 0) is 62.3 Å². The van der Waals surface area contributed by atoms with E-state index in [-0.39, 0.29) is 6.04 Å². The molecule has 3 nitrogen and oxygen atoms in total. The highest BCUT2D eigenvalue weighted by atomic mass is 35.5. The van der Waals surface area contributed by atoms with Crippen LogP contribution < -0.4 is 10.6 Å². The fourth-order valence-corrected chi connectivity index (χ4v) is 2.77. The Morgan fingerprint density at radius 3 is 2.67 bits per heavy atom. The minimum atomic E-state index is 0.0238. The monoisotopic (exact) mass is 319 g/mol. The standard InChI is InChI=1S/C16H18ClN3S/c1-10-8-11(2)15(13(17)9-10)20-16(21)19-12(3)14-6-4-5-7-18-14/h4-9,12H,1-3H3,(H2,19,20,21)/t12-/m0/s1. The Morgan fingerprint density at radius 2 is 2.05 bits per heavy atom. The molecule has 0 spiro atoms. The molecular formula is C16H18ClN3S. The van der Waals surface area contributed by atoms with Crippen LogP contribution in [0.5, 0.6) is 0 Å². The van der Waals surface area contributed by atoms with E-state index >= 15 is 0 Å². The van der Waals surface area contributed by atoms with Gasteiger partial charge in [-0.2, -0.15) is 0 Å². The molecule has 0 unspecified atom stereocenters. The van der Waals surface area contributed by atoms with Gasteiger partial charge in [0.05, 0.1) is 22.4 Å². The molecule has 21 heavy (non-hydrogen) atoms. The first-order chi connectivity index (χ1) is 9.97. The van der Waals surface area contributed by atoms with E-state index < -0.39 is 0 Å². The van der Waals surface area contributed by atoms with Gasteiger partial charge in [0.15, 0.2) is 5.11 Å². The second-order valence-corrected chi connectivity index (χ2v) is 5.83. The molecule has 5 heteroatoms. The first-order valence-electron chi connectivity index (χ1n) is 6.72. The Bertz CT molecular complexity index is 620. The summed E-state index contributed by atoms with van der Waals surface area (Å²) in [7, 11) is 0. The molecule has 0 aliphatic heterocycles. The number of nitrogens with one attached hydrogen (secondary N) is 2. The second-order valence-electron chi connectivity index (χ2n) is 5.01. The average Bonchev–Trinajstić information content (AvgIpc) is 2.43. The van der Waals surface area contributed by atoms with Gasteiger partial charge in [-0.25, -0.2) is 0 Å². The van der Waals surface area contributed by atoms with Gasteiger partial charge < -0.3 is 10.6 Å². The van der Waals surface area contributed by atoms with E-state index in [0.29, 0.717) is 10.1 Å². The Hall–Kier alpha value is -1.65. The number of anilines is 1. The van der Waals surface area contributed by atoms with Crippen LogP contribution in [0.4, 0.5) is 5.69 Å². The van der Waals surface area contributed by atoms with Crippen molar-refractivity contribution in [1.82, 2.24) is 10.3 Å². The summed E-state index contributed by atoms with van der Waals surface area (Å²) in [6.45, 7) is 6.04. The number of aromatic nitrogens is 1. The van der Waals surface area contributed by atoms with Crippen LogP contribution in [0.3, 0.4) is 0 Å². The predicted molar refractivity (Wildman–Crippen MR) is 92.9 cm³/mol. The van der Waals surface area contributed by atoms with E-state index in [4.69, 9.17) is 23.8 Å². The smallest absolute Gasteiger partial charge is 0.171 e. The van der Waals surface area contributed by atoms with E-state index in [9.17, 15) is 0 Å². The number of halogens is 1. The van der Waals surface area contributed by atoms with Crippen molar-refractivity contribution >= 4 is 34.6 Å². The number of hydrogen-bond donors (Lipinski definition) is 2. The van der Waals surface area contributed by atoms with Crippen molar-refractivity contribution in [2.24, 2.45) is 0 Å². The Balaban J connectivity index is 2.06. The van der Waals surface area contributed by atoms with Crippen LogP contribution in [0.15, 0.2) is 36.5 Å². The predicted octanol–water partition coefficient (Wildman–Crippen LogP) is 4.40. The normalized spacial score (nSPS) is 11.8. The molecule has 1 atom stereocenters. The lowest BCUT2D eigenvalue weighted by Gasteiger charge is -2.18. The summed E-state index contributed by atoms with van der Waals surface area (Å²) in [4.78, 5) is 4.31. The molecule has 0 amide bonds. The first kappa shape index (κ1) is 15.7. The molecule has 2 rings (SSSR count). The summed E-state index contributed by atoms with van der Waals surface area (Å²) in [5, 5.41) is 7.58. The number of rotatable bonds is 3. The minimum Gasteiger partial charge on any atom is -0.354 e. The van der Waals surface area contributed by atoms with Crippen LogP contribution in [-0.2, 0) is 0 Å². The van der Waals surface area contributed by atoms with Gasteiger partial charge in [-0.3, -0.25) is 4.98 Å². The average molecular weight is 320 g/mol. The van der Waals surface area contributed by atoms with Crippen LogP contribution in [0, 0.1) is 13.8 Å². The zero-order valence-electron chi connectivity index (χ0n) is 12.3. The van der Waals surface area contributed by atoms with Gasteiger partial charge >= 0.3 is 0 Å². The Morgan fingerprint density at radius 1 is 1.29 bits per heavy atom. The molecular weight excluding hydrogens is 302 g/mol. The van der Waals surface area contributed by atoms with Crippen LogP contribution in [-0.4, -0.2) is 10.1 Å². The van der Waals surface area contributed by atoms with Crippen molar-refractivity contribution in [3.05, 3.63) is 58.4 Å². The molecule has 0 saturated heterocycles. The minimum absolute atomic E-state index is 0.0238. The third-order valence-corrected chi connectivity index (χ3v) is 3.67. The highest BCUT2D eigenvalue weighted by molar-refractivity contribution is 7.80. The molecule has 1 aromatic carbocycles. The van der Waals surface area contributed by atoms with Crippen LogP contribution in [0.2, 0.25) is 5.02 Å². The van der Waals surface area contributed by atoms with Crippen molar-refractivity contribution in [1.29, 1.82) is 0 Å². The number of pyridine rings is 1. The van der Waals surface area contributed by atoms with E-state index in [2.05, 4.69) is 21.7 Å². The summed E-state index contributed by atoms with van der Waals surface area (Å²) in [5.74, 6) is 0. The summed E-state index contributed by atoms with van der Waals surface area (Å²) < 4.78 is 0. The molecule has 0 aliphatic carbocycles. The summed E-state index contributed by atoms with van der Waals surface area (Å²) in [5.41, 5.74) is 3.97. The molecule has 1 heterocycles. The van der Waals surface area contributed by atoms with Crippen molar-refractivity contribution in [3.63, 3.8) is 0 Å². The Labute approximate surface area is 135 Å². The van der Waals surface area contributed by atoms with Gasteiger partial charge in [-0.15, -0.1) is 0 Å². The van der Waals surface area contributed by atoms with E-state index in [0.717, 1.165) is 22.5 Å². The molecule has 0 aliphatic rings. The van der Waals surface area contributed by atoms with E-state index in [1.165, 1.54) is 0 Å². The molecule has 110 valence electrons. The maximum atomic E-state index is 6.27. The van der Waals surface area contributed by atoms with Gasteiger partial charge in [0.2, 0.25) is 0 Å². The molecule has 2 N–H and O–H groups in total. The summed E-state index contributed by atoms with van der Waals surface area (Å²) in [6, 6.07) is 9.82. The van der Waals surface area contributed by atoms with Crippen molar-refractivity contribution < 1.29 is 0 Å². The number of benzene rings is 1. The van der Waals surface area contributed by atoms with Gasteiger partial charge in [-0.1, -0.05) is 23.7 Å². The highest BCUT2D eigenvalue weighted by Crippen LogP contribution is 2.27. The second kappa shape index (κ2) is 6.87. The SMILES string of the molecule is Cc1cc(C)c(NC(=S)N[C@@H](C)c2ccccn2)c(Cl)c1. The molecule has 0 saturated carbocycles. The molecule has 0 bridgehead atoms.